The molecule has 0 radical (unpaired) electrons. The van der Waals surface area contributed by atoms with Crippen molar-refractivity contribution in [3.05, 3.63) is 59.7 Å². The molecule has 1 saturated heterocycles. The SMILES string of the molecule is Cc1ccc2nc([C@H]3CCCN3CCc3ccccn3)[nH]c2c1. The second-order valence-electron chi connectivity index (χ2n) is 6.41. The van der Waals surface area contributed by atoms with E-state index < -0.39 is 0 Å². The molecule has 1 aliphatic heterocycles. The van der Waals surface area contributed by atoms with E-state index in [1.54, 1.807) is 0 Å². The van der Waals surface area contributed by atoms with Gasteiger partial charge in [0, 0.05) is 24.9 Å². The van der Waals surface area contributed by atoms with Crippen LogP contribution >= 0.6 is 0 Å². The minimum absolute atomic E-state index is 0.409. The standard InChI is InChI=1S/C19H22N4/c1-14-7-8-16-17(13-14)22-19(21-16)18-6-4-11-23(18)12-9-15-5-2-3-10-20-15/h2-3,5,7-8,10,13,18H,4,6,9,11-12H2,1H3,(H,21,22)/t18-/m1/s1. The predicted molar refractivity (Wildman–Crippen MR) is 92.3 cm³/mol. The van der Waals surface area contributed by atoms with Gasteiger partial charge in [0.2, 0.25) is 0 Å². The third-order valence-corrected chi connectivity index (χ3v) is 4.72. The molecule has 1 atom stereocenters. The second kappa shape index (κ2) is 6.13. The molecule has 1 aliphatic rings. The van der Waals surface area contributed by atoms with Crippen LogP contribution in [0, 0.1) is 6.92 Å². The van der Waals surface area contributed by atoms with Crippen molar-refractivity contribution < 1.29 is 0 Å². The molecule has 1 aromatic carbocycles. The number of aryl methyl sites for hydroxylation is 1. The van der Waals surface area contributed by atoms with Gasteiger partial charge in [0.1, 0.15) is 5.82 Å². The maximum Gasteiger partial charge on any atom is 0.124 e. The molecule has 4 rings (SSSR count). The van der Waals surface area contributed by atoms with Gasteiger partial charge in [0.25, 0.3) is 0 Å². The number of hydrogen-bond donors (Lipinski definition) is 1. The highest BCUT2D eigenvalue weighted by Gasteiger charge is 2.28. The summed E-state index contributed by atoms with van der Waals surface area (Å²) in [7, 11) is 0. The molecule has 0 bridgehead atoms. The van der Waals surface area contributed by atoms with Gasteiger partial charge in [-0.1, -0.05) is 12.1 Å². The van der Waals surface area contributed by atoms with Crippen molar-refractivity contribution in [2.45, 2.75) is 32.2 Å². The van der Waals surface area contributed by atoms with Crippen LogP contribution in [0.4, 0.5) is 0 Å². The Morgan fingerprint density at radius 1 is 1.26 bits per heavy atom. The van der Waals surface area contributed by atoms with E-state index in [-0.39, 0.29) is 0 Å². The number of aromatic amines is 1. The Hall–Kier alpha value is -2.20. The number of pyridine rings is 1. The normalized spacial score (nSPS) is 18.7. The van der Waals surface area contributed by atoms with Gasteiger partial charge in [-0.05, 0) is 56.1 Å². The summed E-state index contributed by atoms with van der Waals surface area (Å²) < 4.78 is 0. The molecule has 4 nitrogen and oxygen atoms in total. The summed E-state index contributed by atoms with van der Waals surface area (Å²) >= 11 is 0. The molecule has 0 amide bonds. The zero-order chi connectivity index (χ0) is 15.6. The van der Waals surface area contributed by atoms with Crippen LogP contribution in [-0.4, -0.2) is 32.9 Å². The van der Waals surface area contributed by atoms with Crippen LogP contribution < -0.4 is 0 Å². The van der Waals surface area contributed by atoms with Gasteiger partial charge in [0.05, 0.1) is 17.1 Å². The van der Waals surface area contributed by atoms with Crippen molar-refractivity contribution in [1.82, 2.24) is 19.9 Å². The van der Waals surface area contributed by atoms with Crippen LogP contribution in [0.25, 0.3) is 11.0 Å². The molecule has 118 valence electrons. The summed E-state index contributed by atoms with van der Waals surface area (Å²) in [5, 5.41) is 0. The van der Waals surface area contributed by atoms with Crippen molar-refractivity contribution in [2.75, 3.05) is 13.1 Å². The van der Waals surface area contributed by atoms with E-state index >= 15 is 0 Å². The lowest BCUT2D eigenvalue weighted by atomic mass is 10.2. The molecule has 4 heteroatoms. The van der Waals surface area contributed by atoms with E-state index in [9.17, 15) is 0 Å². The van der Waals surface area contributed by atoms with Crippen molar-refractivity contribution in [3.8, 4) is 0 Å². The highest BCUT2D eigenvalue weighted by Crippen LogP contribution is 2.31. The van der Waals surface area contributed by atoms with E-state index in [1.807, 2.05) is 12.3 Å². The molecule has 1 fully saturated rings. The quantitative estimate of drug-likeness (QED) is 0.800. The third kappa shape index (κ3) is 2.99. The average Bonchev–Trinajstić information content (AvgIpc) is 3.19. The number of H-pyrrole nitrogens is 1. The molecule has 0 aliphatic carbocycles. The van der Waals surface area contributed by atoms with Gasteiger partial charge < -0.3 is 4.98 Å². The number of nitrogens with one attached hydrogen (secondary N) is 1. The highest BCUT2D eigenvalue weighted by molar-refractivity contribution is 5.75. The summed E-state index contributed by atoms with van der Waals surface area (Å²) in [6, 6.07) is 13.0. The minimum Gasteiger partial charge on any atom is -0.341 e. The average molecular weight is 306 g/mol. The third-order valence-electron chi connectivity index (χ3n) is 4.72. The van der Waals surface area contributed by atoms with Crippen molar-refractivity contribution in [3.63, 3.8) is 0 Å². The molecule has 2 aromatic heterocycles. The lowest BCUT2D eigenvalue weighted by molar-refractivity contribution is 0.252. The Morgan fingerprint density at radius 2 is 2.22 bits per heavy atom. The zero-order valence-electron chi connectivity index (χ0n) is 13.5. The Balaban J connectivity index is 1.52. The van der Waals surface area contributed by atoms with E-state index in [1.165, 1.54) is 24.1 Å². The van der Waals surface area contributed by atoms with E-state index in [2.05, 4.69) is 52.1 Å². The fourth-order valence-corrected chi connectivity index (χ4v) is 3.51. The number of imidazole rings is 1. The largest absolute Gasteiger partial charge is 0.341 e. The molecule has 0 spiro atoms. The lowest BCUT2D eigenvalue weighted by Crippen LogP contribution is -2.26. The first-order valence-corrected chi connectivity index (χ1v) is 8.40. The Morgan fingerprint density at radius 3 is 3.09 bits per heavy atom. The molecular formula is C19H22N4. The minimum atomic E-state index is 0.409. The summed E-state index contributed by atoms with van der Waals surface area (Å²) in [5.74, 6) is 1.11. The molecule has 3 aromatic rings. The summed E-state index contributed by atoms with van der Waals surface area (Å²) in [6.07, 6.45) is 5.29. The first-order chi connectivity index (χ1) is 11.3. The number of fused-ring (bicyclic) bond motifs is 1. The first-order valence-electron chi connectivity index (χ1n) is 8.40. The number of nitrogens with zero attached hydrogens (tertiary/aromatic N) is 3. The van der Waals surface area contributed by atoms with E-state index in [0.717, 1.165) is 36.4 Å². The summed E-state index contributed by atoms with van der Waals surface area (Å²) in [6.45, 7) is 4.31. The topological polar surface area (TPSA) is 44.8 Å². The molecule has 3 heterocycles. The lowest BCUT2D eigenvalue weighted by Gasteiger charge is -2.22. The number of rotatable bonds is 4. The van der Waals surface area contributed by atoms with Crippen LogP contribution in [0.2, 0.25) is 0 Å². The molecule has 0 unspecified atom stereocenters. The fraction of sp³-hybridized carbons (Fsp3) is 0.368. The fourth-order valence-electron chi connectivity index (χ4n) is 3.51. The van der Waals surface area contributed by atoms with Crippen molar-refractivity contribution in [1.29, 1.82) is 0 Å². The van der Waals surface area contributed by atoms with Crippen LogP contribution in [0.1, 0.15) is 36.0 Å². The van der Waals surface area contributed by atoms with Crippen LogP contribution in [-0.2, 0) is 6.42 Å². The molecule has 23 heavy (non-hydrogen) atoms. The second-order valence-corrected chi connectivity index (χ2v) is 6.41. The Labute approximate surface area is 136 Å². The highest BCUT2D eigenvalue weighted by atomic mass is 15.2. The molecule has 0 saturated carbocycles. The van der Waals surface area contributed by atoms with Gasteiger partial charge >= 0.3 is 0 Å². The van der Waals surface area contributed by atoms with Crippen LogP contribution in [0.3, 0.4) is 0 Å². The number of benzene rings is 1. The number of aromatic nitrogens is 3. The maximum absolute atomic E-state index is 4.83. The first kappa shape index (κ1) is 14.4. The zero-order valence-corrected chi connectivity index (χ0v) is 13.5. The molecular weight excluding hydrogens is 284 g/mol. The Bertz CT molecular complexity index is 793. The van der Waals surface area contributed by atoms with Gasteiger partial charge in [-0.2, -0.15) is 0 Å². The van der Waals surface area contributed by atoms with Crippen LogP contribution in [0.5, 0.6) is 0 Å². The van der Waals surface area contributed by atoms with Crippen molar-refractivity contribution in [2.24, 2.45) is 0 Å². The Kier molecular flexibility index (Phi) is 3.83. The van der Waals surface area contributed by atoms with Gasteiger partial charge in [-0.15, -0.1) is 0 Å². The monoisotopic (exact) mass is 306 g/mol. The smallest absolute Gasteiger partial charge is 0.124 e. The van der Waals surface area contributed by atoms with E-state index in [4.69, 9.17) is 4.98 Å². The van der Waals surface area contributed by atoms with Gasteiger partial charge in [-0.3, -0.25) is 9.88 Å². The van der Waals surface area contributed by atoms with Crippen molar-refractivity contribution >= 4 is 11.0 Å². The van der Waals surface area contributed by atoms with Gasteiger partial charge in [-0.25, -0.2) is 4.98 Å². The van der Waals surface area contributed by atoms with Crippen LogP contribution in [0.15, 0.2) is 42.6 Å². The number of likely N-dealkylation sites (tertiary alicyclic amines) is 1. The van der Waals surface area contributed by atoms with Gasteiger partial charge in [0.15, 0.2) is 0 Å². The molecule has 1 N–H and O–H groups in total. The maximum atomic E-state index is 4.83. The predicted octanol–water partition coefficient (Wildman–Crippen LogP) is 3.65. The van der Waals surface area contributed by atoms with E-state index in [0.29, 0.717) is 6.04 Å². The number of hydrogen-bond acceptors (Lipinski definition) is 3. The summed E-state index contributed by atoms with van der Waals surface area (Å²) in [4.78, 5) is 15.3. The summed E-state index contributed by atoms with van der Waals surface area (Å²) in [5.41, 5.74) is 4.66.